The van der Waals surface area contributed by atoms with Crippen LogP contribution in [0.25, 0.3) is 0 Å². The number of hydrogen-bond donors (Lipinski definition) is 1. The zero-order valence-corrected chi connectivity index (χ0v) is 10.9. The summed E-state index contributed by atoms with van der Waals surface area (Å²) in [6.45, 7) is 7.04. The van der Waals surface area contributed by atoms with E-state index in [1.807, 2.05) is 18.7 Å². The summed E-state index contributed by atoms with van der Waals surface area (Å²) in [5.74, 6) is -0.233. The number of piperidine rings is 1. The smallest absolute Gasteiger partial charge is 0.308 e. The average Bonchev–Trinajstić information content (AvgIpc) is 2.31. The number of aromatic nitrogens is 3. The van der Waals surface area contributed by atoms with E-state index in [4.69, 9.17) is 5.11 Å². The molecule has 98 valence electrons. The molecule has 2 atom stereocenters. The van der Waals surface area contributed by atoms with Crippen LogP contribution < -0.4 is 4.90 Å². The maximum atomic E-state index is 11.1. The molecule has 0 aromatic carbocycles. The van der Waals surface area contributed by atoms with Gasteiger partial charge in [-0.3, -0.25) is 4.79 Å². The lowest BCUT2D eigenvalue weighted by Crippen LogP contribution is -2.43. The molecule has 6 nitrogen and oxygen atoms in total. The highest BCUT2D eigenvalue weighted by Gasteiger charge is 2.30. The number of anilines is 1. The van der Waals surface area contributed by atoms with E-state index in [0.29, 0.717) is 24.8 Å². The Morgan fingerprint density at radius 1 is 1.28 bits per heavy atom. The molecule has 6 heteroatoms. The number of aryl methyl sites for hydroxylation is 2. The lowest BCUT2D eigenvalue weighted by molar-refractivity contribution is -0.142. The Balaban J connectivity index is 2.21. The van der Waals surface area contributed by atoms with Gasteiger partial charge in [-0.1, -0.05) is 6.92 Å². The molecule has 2 rings (SSSR count). The second-order valence-electron chi connectivity index (χ2n) is 5.06. The van der Waals surface area contributed by atoms with E-state index in [9.17, 15) is 4.79 Å². The fourth-order valence-corrected chi connectivity index (χ4v) is 2.27. The van der Waals surface area contributed by atoms with Crippen LogP contribution in [0.15, 0.2) is 0 Å². The van der Waals surface area contributed by atoms with Crippen molar-refractivity contribution in [1.29, 1.82) is 0 Å². The molecule has 0 radical (unpaired) electrons. The van der Waals surface area contributed by atoms with Crippen LogP contribution in [-0.2, 0) is 4.79 Å². The van der Waals surface area contributed by atoms with Gasteiger partial charge in [0.15, 0.2) is 0 Å². The second-order valence-corrected chi connectivity index (χ2v) is 5.06. The molecule has 1 saturated heterocycles. The minimum atomic E-state index is -0.747. The average molecular weight is 250 g/mol. The molecule has 1 aliphatic heterocycles. The van der Waals surface area contributed by atoms with E-state index >= 15 is 0 Å². The first kappa shape index (κ1) is 12.7. The number of hydrogen-bond acceptors (Lipinski definition) is 5. The molecule has 2 heterocycles. The fourth-order valence-electron chi connectivity index (χ4n) is 2.27. The quantitative estimate of drug-likeness (QED) is 0.844. The Morgan fingerprint density at radius 2 is 2.00 bits per heavy atom. The summed E-state index contributed by atoms with van der Waals surface area (Å²) >= 11 is 0. The number of aliphatic carboxylic acids is 1. The maximum absolute atomic E-state index is 11.1. The van der Waals surface area contributed by atoms with Crippen LogP contribution in [0.3, 0.4) is 0 Å². The van der Waals surface area contributed by atoms with Crippen molar-refractivity contribution in [2.24, 2.45) is 11.8 Å². The largest absolute Gasteiger partial charge is 0.481 e. The van der Waals surface area contributed by atoms with Gasteiger partial charge < -0.3 is 10.0 Å². The maximum Gasteiger partial charge on any atom is 0.308 e. The first-order valence-electron chi connectivity index (χ1n) is 6.13. The first-order chi connectivity index (χ1) is 8.47. The highest BCUT2D eigenvalue weighted by Crippen LogP contribution is 2.24. The number of carboxylic acids is 1. The minimum absolute atomic E-state index is 0.324. The lowest BCUT2D eigenvalue weighted by Gasteiger charge is -2.34. The Labute approximate surface area is 106 Å². The molecule has 1 aromatic rings. The van der Waals surface area contributed by atoms with Crippen LogP contribution in [0.1, 0.15) is 24.7 Å². The van der Waals surface area contributed by atoms with Gasteiger partial charge in [-0.15, -0.1) is 5.10 Å². The third-order valence-electron chi connectivity index (χ3n) is 3.37. The molecule has 0 amide bonds. The summed E-state index contributed by atoms with van der Waals surface area (Å²) in [4.78, 5) is 17.4. The van der Waals surface area contributed by atoms with Crippen molar-refractivity contribution >= 4 is 11.9 Å². The molecule has 1 aromatic heterocycles. The van der Waals surface area contributed by atoms with Crippen LogP contribution >= 0.6 is 0 Å². The van der Waals surface area contributed by atoms with Crippen molar-refractivity contribution in [2.45, 2.75) is 27.2 Å². The molecular weight excluding hydrogens is 232 g/mol. The van der Waals surface area contributed by atoms with Gasteiger partial charge in [0.1, 0.15) is 0 Å². The third-order valence-corrected chi connectivity index (χ3v) is 3.37. The molecule has 1 fully saturated rings. The van der Waals surface area contributed by atoms with Gasteiger partial charge in [-0.2, -0.15) is 5.10 Å². The van der Waals surface area contributed by atoms with E-state index < -0.39 is 5.97 Å². The lowest BCUT2D eigenvalue weighted by atomic mass is 9.91. The van der Waals surface area contributed by atoms with E-state index in [-0.39, 0.29) is 5.92 Å². The molecule has 18 heavy (non-hydrogen) atoms. The highest BCUT2D eigenvalue weighted by molar-refractivity contribution is 5.71. The predicted octanol–water partition coefficient (Wildman–Crippen LogP) is 1.04. The summed E-state index contributed by atoms with van der Waals surface area (Å²) in [5.41, 5.74) is 1.64. The summed E-state index contributed by atoms with van der Waals surface area (Å²) in [7, 11) is 0. The van der Waals surface area contributed by atoms with E-state index in [1.165, 1.54) is 0 Å². The Morgan fingerprint density at radius 3 is 2.61 bits per heavy atom. The Bertz CT molecular complexity index is 463. The number of rotatable bonds is 2. The van der Waals surface area contributed by atoms with Crippen LogP contribution in [-0.4, -0.2) is 39.3 Å². The standard InChI is InChI=1S/C12H18N4O2/c1-7-4-10(11(17)18)6-16(5-7)12-13-8(2)9(3)14-15-12/h7,10H,4-6H2,1-3H3,(H,17,18). The Kier molecular flexibility index (Phi) is 3.45. The summed E-state index contributed by atoms with van der Waals surface area (Å²) in [6, 6.07) is 0. The molecule has 1 N–H and O–H groups in total. The monoisotopic (exact) mass is 250 g/mol. The van der Waals surface area contributed by atoms with Gasteiger partial charge in [-0.25, -0.2) is 4.98 Å². The van der Waals surface area contributed by atoms with Crippen molar-refractivity contribution in [3.8, 4) is 0 Å². The van der Waals surface area contributed by atoms with E-state index in [1.54, 1.807) is 0 Å². The highest BCUT2D eigenvalue weighted by atomic mass is 16.4. The Hall–Kier alpha value is -1.72. The number of carboxylic acid groups (broad SMARTS) is 1. The summed E-state index contributed by atoms with van der Waals surface area (Å²) in [5, 5.41) is 17.2. The second kappa shape index (κ2) is 4.88. The zero-order chi connectivity index (χ0) is 13.3. The van der Waals surface area contributed by atoms with Crippen molar-refractivity contribution < 1.29 is 9.90 Å². The predicted molar refractivity (Wildman–Crippen MR) is 66.4 cm³/mol. The molecule has 0 aliphatic carbocycles. The molecule has 2 unspecified atom stereocenters. The van der Waals surface area contributed by atoms with Gasteiger partial charge in [0, 0.05) is 13.1 Å². The SMILES string of the molecule is Cc1nnc(N2CC(C)CC(C(=O)O)C2)nc1C. The molecule has 0 spiro atoms. The van der Waals surface area contributed by atoms with Crippen molar-refractivity contribution in [3.05, 3.63) is 11.4 Å². The van der Waals surface area contributed by atoms with Crippen LogP contribution in [0.5, 0.6) is 0 Å². The first-order valence-corrected chi connectivity index (χ1v) is 6.13. The van der Waals surface area contributed by atoms with Crippen molar-refractivity contribution in [3.63, 3.8) is 0 Å². The molecule has 0 saturated carbocycles. The van der Waals surface area contributed by atoms with Crippen LogP contribution in [0.2, 0.25) is 0 Å². The van der Waals surface area contributed by atoms with Gasteiger partial charge in [0.2, 0.25) is 5.95 Å². The van der Waals surface area contributed by atoms with Crippen molar-refractivity contribution in [1.82, 2.24) is 15.2 Å². The van der Waals surface area contributed by atoms with Gasteiger partial charge in [-0.05, 0) is 26.2 Å². The normalized spacial score (nSPS) is 24.1. The van der Waals surface area contributed by atoms with Gasteiger partial charge >= 0.3 is 5.97 Å². The molecule has 1 aliphatic rings. The number of nitrogens with zero attached hydrogens (tertiary/aromatic N) is 4. The minimum Gasteiger partial charge on any atom is -0.481 e. The van der Waals surface area contributed by atoms with Gasteiger partial charge in [0.05, 0.1) is 17.3 Å². The summed E-state index contributed by atoms with van der Waals surface area (Å²) in [6.07, 6.45) is 0.712. The van der Waals surface area contributed by atoms with E-state index in [2.05, 4.69) is 22.1 Å². The molecular formula is C12H18N4O2. The number of carbonyl (C=O) groups is 1. The molecule has 0 bridgehead atoms. The topological polar surface area (TPSA) is 79.2 Å². The van der Waals surface area contributed by atoms with Crippen LogP contribution in [0.4, 0.5) is 5.95 Å². The van der Waals surface area contributed by atoms with Crippen molar-refractivity contribution in [2.75, 3.05) is 18.0 Å². The third kappa shape index (κ3) is 2.57. The van der Waals surface area contributed by atoms with Gasteiger partial charge in [0.25, 0.3) is 0 Å². The fraction of sp³-hybridized carbons (Fsp3) is 0.667. The van der Waals surface area contributed by atoms with Crippen LogP contribution in [0, 0.1) is 25.7 Å². The zero-order valence-electron chi connectivity index (χ0n) is 10.9. The van der Waals surface area contributed by atoms with E-state index in [0.717, 1.165) is 17.9 Å². The summed E-state index contributed by atoms with van der Waals surface area (Å²) < 4.78 is 0.